The Morgan fingerprint density at radius 2 is 0.504 bits per heavy atom. The predicted octanol–water partition coefficient (Wildman–Crippen LogP) is 28.3. The molecule has 6 aliphatic rings. The molecular weight excluding hydrogens is 1690 g/mol. The maximum Gasteiger partial charge on any atom is 0.256 e. The van der Waals surface area contributed by atoms with E-state index < -0.39 is 0 Å². The van der Waals surface area contributed by atoms with E-state index in [1.807, 2.05) is 30.3 Å². The molecule has 11 heteroatoms. The van der Waals surface area contributed by atoms with Gasteiger partial charge in [-0.05, 0) is 290 Å². The van der Waals surface area contributed by atoms with E-state index in [1.165, 1.54) is 167 Å². The largest absolute Gasteiger partial charge is 0.458 e. The zero-order valence-corrected chi connectivity index (χ0v) is 82.3. The van der Waals surface area contributed by atoms with Crippen molar-refractivity contribution in [3.05, 3.63) is 437 Å². The topological polar surface area (TPSA) is 43.5 Å². The highest BCUT2D eigenvalue weighted by Gasteiger charge is 2.47. The third-order valence-corrected chi connectivity index (χ3v) is 27.7. The highest BCUT2D eigenvalue weighted by molar-refractivity contribution is 7.01. The Morgan fingerprint density at radius 1 is 0.194 bits per heavy atom. The number of hydrogen-bond acceptors (Lipinski definition) is 7. The highest BCUT2D eigenvalue weighted by Crippen LogP contribution is 2.52. The van der Waals surface area contributed by atoms with Crippen molar-refractivity contribution >= 4 is 165 Å². The van der Waals surface area contributed by atoms with Crippen molar-refractivity contribution in [2.45, 2.75) is 132 Å². The first-order valence-electron chi connectivity index (χ1n) is 49.1. The molecule has 25 rings (SSSR count). The standard InChI is InChI=1S/C34H30BN.C28H25BN2.C22H20BNO.C22H21NO.C22H21N/c1-34(2,3)36-31-23-12-10-21-29(31)35(30-22-11-13-24-32(30)36)33-27(25-15-6-4-7-16-25)19-14-20-28(33)26-17-8-5-9-18-26;1-28(2,3)31-24-17-10-8-15-22(24)29-21-14-7-9-16-23(21)30(20-12-5-4-6-13-20)25-18-11-19-26(31)27(25)29;1-22(2,3)24-17-11-6-4-9-15(17)23-16-10-5-7-13-19(16)25-20-14-8-12-18(24)21(20)23;1-22(2,3)23-18-12-6-4-10-16(18)17-11-5-8-14-20(17)24-21-15-9-7-13-19(21)23;1-22(2,3)23-20-14-8-6-12-18(20)16-10-4-5-11-17(16)19-13-7-9-15-21(19)23/h4-24H,1-3H3;4-19H,1-3H3;4-14H,1-3H3;4-15H,1-3H3;4-15H,1-3H3. The minimum absolute atomic E-state index is 0.00570. The summed E-state index contributed by atoms with van der Waals surface area (Å²) in [6, 6.07) is 157. The van der Waals surface area contributed by atoms with Crippen LogP contribution in [0.4, 0.5) is 62.6 Å². The van der Waals surface area contributed by atoms with Crippen LogP contribution in [-0.4, -0.2) is 46.9 Å². The molecule has 1 aromatic heterocycles. The second-order valence-electron chi connectivity index (χ2n) is 42.0. The number of aromatic nitrogens is 1. The zero-order valence-electron chi connectivity index (χ0n) is 82.3. The smallest absolute Gasteiger partial charge is 0.256 e. The van der Waals surface area contributed by atoms with Crippen molar-refractivity contribution in [2.75, 3.05) is 24.5 Å². The Bertz CT molecular complexity index is 7730. The first kappa shape index (κ1) is 90.1. The van der Waals surface area contributed by atoms with Crippen LogP contribution < -0.4 is 78.4 Å². The molecule has 0 bridgehead atoms. The lowest BCUT2D eigenvalue weighted by atomic mass is 9.33. The Kier molecular flexibility index (Phi) is 23.5. The Hall–Kier alpha value is -15.4. The molecule has 7 heterocycles. The van der Waals surface area contributed by atoms with Crippen molar-refractivity contribution in [3.63, 3.8) is 0 Å². The van der Waals surface area contributed by atoms with Crippen molar-refractivity contribution in [1.29, 1.82) is 0 Å². The van der Waals surface area contributed by atoms with Crippen LogP contribution in [0.1, 0.15) is 104 Å². The fourth-order valence-corrected chi connectivity index (χ4v) is 22.5. The molecule has 0 atom stereocenters. The number of hydrogen-bond donors (Lipinski definition) is 0. The highest BCUT2D eigenvalue weighted by atomic mass is 16.5. The van der Waals surface area contributed by atoms with E-state index in [9.17, 15) is 0 Å². The van der Waals surface area contributed by atoms with Gasteiger partial charge in [-0.25, -0.2) is 0 Å². The summed E-state index contributed by atoms with van der Waals surface area (Å²) in [5, 5.41) is 2.31. The van der Waals surface area contributed by atoms with Gasteiger partial charge in [-0.3, -0.25) is 0 Å². The molecule has 0 amide bonds. The van der Waals surface area contributed by atoms with E-state index in [1.54, 1.807) is 0 Å². The molecule has 19 aromatic rings. The van der Waals surface area contributed by atoms with Crippen molar-refractivity contribution in [2.24, 2.45) is 0 Å². The number of para-hydroxylation sites is 13. The summed E-state index contributed by atoms with van der Waals surface area (Å²) >= 11 is 0. The van der Waals surface area contributed by atoms with Gasteiger partial charge >= 0.3 is 0 Å². The summed E-state index contributed by atoms with van der Waals surface area (Å²) in [5.74, 6) is 1.95. The monoisotopic (exact) mass is 1800 g/mol. The number of nitrogens with zero attached hydrogens (tertiary/aromatic N) is 6. The molecular formula is C128H117B3N6O2. The summed E-state index contributed by atoms with van der Waals surface area (Å²) in [7, 11) is 0. The number of rotatable bonds is 4. The number of anilines is 11. The second kappa shape index (κ2) is 36.2. The molecule has 18 aromatic carbocycles. The Morgan fingerprint density at radius 3 is 0.993 bits per heavy atom. The van der Waals surface area contributed by atoms with Gasteiger partial charge in [-0.1, -0.05) is 333 Å². The van der Waals surface area contributed by atoms with Crippen LogP contribution in [0.2, 0.25) is 0 Å². The fraction of sp³-hybridized carbons (Fsp3) is 0.156. The second-order valence-corrected chi connectivity index (χ2v) is 42.0. The van der Waals surface area contributed by atoms with Crippen molar-refractivity contribution < 1.29 is 9.15 Å². The van der Waals surface area contributed by atoms with E-state index in [0.717, 1.165) is 33.6 Å². The van der Waals surface area contributed by atoms with Crippen molar-refractivity contribution in [1.82, 2.24) is 4.57 Å². The predicted molar refractivity (Wildman–Crippen MR) is 598 cm³/mol. The lowest BCUT2D eigenvalue weighted by molar-refractivity contribution is 0.420. The van der Waals surface area contributed by atoms with Gasteiger partial charge in [0.15, 0.2) is 5.58 Å². The van der Waals surface area contributed by atoms with Crippen LogP contribution in [0.15, 0.2) is 441 Å². The minimum atomic E-state index is -0.0815. The lowest BCUT2D eigenvalue weighted by Crippen LogP contribution is -2.63. The van der Waals surface area contributed by atoms with Crippen LogP contribution in [0.5, 0.6) is 11.5 Å². The maximum absolute atomic E-state index is 6.32. The Labute approximate surface area is 821 Å². The molecule has 0 aliphatic carbocycles. The third kappa shape index (κ3) is 16.5. The molecule has 0 radical (unpaired) electrons. The van der Waals surface area contributed by atoms with Gasteiger partial charge in [0.2, 0.25) is 6.71 Å². The molecule has 0 N–H and O–H groups in total. The van der Waals surface area contributed by atoms with Gasteiger partial charge in [-0.15, -0.1) is 0 Å². The van der Waals surface area contributed by atoms with E-state index in [-0.39, 0.29) is 47.8 Å². The average molecular weight is 1800 g/mol. The molecule has 0 fully saturated rings. The van der Waals surface area contributed by atoms with Gasteiger partial charge in [0.25, 0.3) is 13.4 Å². The molecule has 139 heavy (non-hydrogen) atoms. The van der Waals surface area contributed by atoms with E-state index in [2.05, 4.69) is 539 Å². The molecule has 680 valence electrons. The molecule has 0 unspecified atom stereocenters. The van der Waals surface area contributed by atoms with E-state index in [0.29, 0.717) is 0 Å². The molecule has 6 aliphatic heterocycles. The first-order valence-corrected chi connectivity index (χ1v) is 49.1. The van der Waals surface area contributed by atoms with E-state index in [4.69, 9.17) is 9.15 Å². The van der Waals surface area contributed by atoms with Gasteiger partial charge in [0.1, 0.15) is 17.1 Å². The molecule has 0 saturated carbocycles. The van der Waals surface area contributed by atoms with Gasteiger partial charge in [0, 0.05) is 118 Å². The van der Waals surface area contributed by atoms with Crippen LogP contribution in [0.25, 0.3) is 77.5 Å². The molecule has 0 spiro atoms. The third-order valence-electron chi connectivity index (χ3n) is 27.7. The minimum Gasteiger partial charge on any atom is -0.458 e. The SMILES string of the molecule is CC(C)(C)N1c2ccccc2-c2ccccc2-c2ccccc21.CC(C)(C)N1c2ccccc2B(c2c(-c3ccccc3)cccc2-c2ccccc2)c2ccccc21.CC(C)(C)N1c2ccccc2B2c3ccccc3N(c3ccccc3)c3cccc1c32.CC(C)(C)N1c2ccccc2B2c3ccccc3Oc3cccc1c32.CC(C)(C)n1c2ccccc2oc2ccccc2c2ccccc21. The zero-order chi connectivity index (χ0) is 95.8. The summed E-state index contributed by atoms with van der Waals surface area (Å²) in [4.78, 5) is 12.4. The van der Waals surface area contributed by atoms with Gasteiger partial charge in [-0.2, -0.15) is 0 Å². The maximum atomic E-state index is 6.32. The Balaban J connectivity index is 0.000000104. The number of benzene rings is 18. The van der Waals surface area contributed by atoms with Crippen LogP contribution in [-0.2, 0) is 5.54 Å². The lowest BCUT2D eigenvalue weighted by Gasteiger charge is -2.48. The summed E-state index contributed by atoms with van der Waals surface area (Å²) in [6.45, 7) is 34.7. The van der Waals surface area contributed by atoms with Crippen LogP contribution >= 0.6 is 0 Å². The molecule has 0 saturated heterocycles. The van der Waals surface area contributed by atoms with Crippen LogP contribution in [0, 0.1) is 0 Å². The molecule has 8 nitrogen and oxygen atoms in total. The van der Waals surface area contributed by atoms with E-state index >= 15 is 0 Å². The van der Waals surface area contributed by atoms with Crippen molar-refractivity contribution in [3.8, 4) is 56.0 Å². The number of fused-ring (bicyclic) bond motifs is 19. The fourth-order valence-electron chi connectivity index (χ4n) is 22.5. The summed E-state index contributed by atoms with van der Waals surface area (Å²) in [5.41, 5.74) is 40.3. The quantitative estimate of drug-likeness (QED) is 0.163. The van der Waals surface area contributed by atoms with Gasteiger partial charge in [0.05, 0.1) is 5.52 Å². The summed E-state index contributed by atoms with van der Waals surface area (Å²) < 4.78 is 15.0. The van der Waals surface area contributed by atoms with Crippen LogP contribution in [0.3, 0.4) is 0 Å². The number of ether oxygens (including phenoxy) is 1. The summed E-state index contributed by atoms with van der Waals surface area (Å²) in [6.07, 6.45) is 0. The average Bonchev–Trinajstić information content (AvgIpc) is 1.68. The first-order chi connectivity index (χ1) is 67.3. The normalized spacial score (nSPS) is 13.2. The van der Waals surface area contributed by atoms with Gasteiger partial charge < -0.3 is 38.2 Å².